The van der Waals surface area contributed by atoms with Crippen LogP contribution < -0.4 is 10.5 Å². The van der Waals surface area contributed by atoms with Crippen LogP contribution in [-0.4, -0.2) is 54.9 Å². The van der Waals surface area contributed by atoms with Crippen molar-refractivity contribution in [2.75, 3.05) is 33.3 Å². The Bertz CT molecular complexity index is 823. The second kappa shape index (κ2) is 10.3. The van der Waals surface area contributed by atoms with E-state index in [2.05, 4.69) is 0 Å². The summed E-state index contributed by atoms with van der Waals surface area (Å²) >= 11 is 0. The number of carbonyl (C=O) groups is 2. The minimum atomic E-state index is -0.342. The Labute approximate surface area is 178 Å². The first kappa shape index (κ1) is 22.7. The normalized spacial score (nSPS) is 15.8. The Hall–Kier alpha value is -2.57. The molecule has 0 aliphatic carbocycles. The smallest absolute Gasteiger partial charge is 0.254 e. The molecular formula is C22H28ClN3O3. The van der Waals surface area contributed by atoms with Crippen LogP contribution in [0.1, 0.15) is 28.9 Å². The first-order valence-electron chi connectivity index (χ1n) is 9.54. The van der Waals surface area contributed by atoms with E-state index >= 15 is 0 Å². The molecule has 2 aromatic rings. The average Bonchev–Trinajstić information content (AvgIpc) is 2.77. The van der Waals surface area contributed by atoms with Crippen LogP contribution >= 0.6 is 12.4 Å². The van der Waals surface area contributed by atoms with E-state index in [4.69, 9.17) is 10.5 Å². The number of methoxy groups -OCH3 is 1. The molecule has 2 N–H and O–H groups in total. The van der Waals surface area contributed by atoms with E-state index in [9.17, 15) is 9.59 Å². The van der Waals surface area contributed by atoms with Gasteiger partial charge in [0.25, 0.3) is 5.91 Å². The van der Waals surface area contributed by atoms with Gasteiger partial charge in [-0.05, 0) is 23.8 Å². The van der Waals surface area contributed by atoms with Gasteiger partial charge in [-0.1, -0.05) is 43.3 Å². The number of piperazine rings is 1. The number of halogens is 1. The number of nitrogens with two attached hydrogens (primary N) is 1. The summed E-state index contributed by atoms with van der Waals surface area (Å²) in [7, 11) is 1.58. The second-order valence-corrected chi connectivity index (χ2v) is 7.07. The van der Waals surface area contributed by atoms with Gasteiger partial charge in [0.15, 0.2) is 0 Å². The maximum absolute atomic E-state index is 12.9. The van der Waals surface area contributed by atoms with Crippen molar-refractivity contribution in [1.82, 2.24) is 9.80 Å². The Kier molecular flexibility index (Phi) is 8.05. The zero-order valence-electron chi connectivity index (χ0n) is 16.8. The third-order valence-corrected chi connectivity index (χ3v) is 5.31. The van der Waals surface area contributed by atoms with E-state index in [-0.39, 0.29) is 36.2 Å². The minimum absolute atomic E-state index is 0. The first-order chi connectivity index (χ1) is 13.5. The van der Waals surface area contributed by atoms with Crippen molar-refractivity contribution in [2.45, 2.75) is 13.0 Å². The van der Waals surface area contributed by atoms with Crippen LogP contribution in [-0.2, 0) is 4.79 Å². The number of rotatable bonds is 5. The number of hydrogen-bond acceptors (Lipinski definition) is 4. The van der Waals surface area contributed by atoms with Gasteiger partial charge in [-0.25, -0.2) is 0 Å². The summed E-state index contributed by atoms with van der Waals surface area (Å²) < 4.78 is 5.19. The van der Waals surface area contributed by atoms with Gasteiger partial charge in [0.2, 0.25) is 5.91 Å². The Morgan fingerprint density at radius 3 is 2.21 bits per heavy atom. The first-order valence-corrected chi connectivity index (χ1v) is 9.54. The molecule has 0 radical (unpaired) electrons. The van der Waals surface area contributed by atoms with Crippen LogP contribution in [0.25, 0.3) is 0 Å². The number of benzene rings is 2. The predicted octanol–water partition coefficient (Wildman–Crippen LogP) is 2.74. The van der Waals surface area contributed by atoms with Crippen molar-refractivity contribution >= 4 is 24.2 Å². The molecule has 3 rings (SSSR count). The lowest BCUT2D eigenvalue weighted by molar-refractivity contribution is -0.137. The summed E-state index contributed by atoms with van der Waals surface area (Å²) in [6, 6.07) is 16.5. The molecule has 2 unspecified atom stereocenters. The maximum atomic E-state index is 12.9. The maximum Gasteiger partial charge on any atom is 0.254 e. The number of ether oxygens (including phenoxy) is 1. The van der Waals surface area contributed by atoms with Gasteiger partial charge in [-0.3, -0.25) is 9.59 Å². The van der Waals surface area contributed by atoms with Gasteiger partial charge in [0.1, 0.15) is 5.75 Å². The lowest BCUT2D eigenvalue weighted by atomic mass is 9.94. The Morgan fingerprint density at radius 1 is 0.966 bits per heavy atom. The fourth-order valence-electron chi connectivity index (χ4n) is 3.47. The molecule has 2 amide bonds. The lowest BCUT2D eigenvalue weighted by Gasteiger charge is -2.37. The third-order valence-electron chi connectivity index (χ3n) is 5.31. The number of amides is 2. The molecule has 2 atom stereocenters. The molecule has 1 heterocycles. The van der Waals surface area contributed by atoms with Gasteiger partial charge in [-0.15, -0.1) is 12.4 Å². The van der Waals surface area contributed by atoms with E-state index < -0.39 is 0 Å². The highest BCUT2D eigenvalue weighted by atomic mass is 35.5. The number of hydrogen-bond donors (Lipinski definition) is 1. The third kappa shape index (κ3) is 5.28. The van der Waals surface area contributed by atoms with Crippen LogP contribution in [0, 0.1) is 5.92 Å². The van der Waals surface area contributed by atoms with Crippen molar-refractivity contribution in [3.63, 3.8) is 0 Å². The Morgan fingerprint density at radius 2 is 1.59 bits per heavy atom. The molecule has 1 aliphatic rings. The molecule has 1 fully saturated rings. The molecule has 2 aromatic carbocycles. The zero-order chi connectivity index (χ0) is 20.1. The highest BCUT2D eigenvalue weighted by molar-refractivity contribution is 5.94. The van der Waals surface area contributed by atoms with Crippen LogP contribution in [0.15, 0.2) is 54.6 Å². The lowest BCUT2D eigenvalue weighted by Crippen LogP contribution is -2.52. The van der Waals surface area contributed by atoms with Gasteiger partial charge in [-0.2, -0.15) is 0 Å². The summed E-state index contributed by atoms with van der Waals surface area (Å²) in [4.78, 5) is 29.2. The van der Waals surface area contributed by atoms with E-state index in [0.29, 0.717) is 37.5 Å². The van der Waals surface area contributed by atoms with Crippen LogP contribution in [0.3, 0.4) is 0 Å². The van der Waals surface area contributed by atoms with Crippen molar-refractivity contribution in [1.29, 1.82) is 0 Å². The van der Waals surface area contributed by atoms with E-state index in [1.807, 2.05) is 48.2 Å². The zero-order valence-corrected chi connectivity index (χ0v) is 17.6. The molecule has 6 nitrogen and oxygen atoms in total. The predicted molar refractivity (Wildman–Crippen MR) is 115 cm³/mol. The quantitative estimate of drug-likeness (QED) is 0.811. The topological polar surface area (TPSA) is 75.9 Å². The van der Waals surface area contributed by atoms with Gasteiger partial charge in [0, 0.05) is 37.8 Å². The number of nitrogens with zero attached hydrogens (tertiary/aromatic N) is 2. The molecule has 0 spiro atoms. The van der Waals surface area contributed by atoms with Gasteiger partial charge in [0.05, 0.1) is 13.0 Å². The highest BCUT2D eigenvalue weighted by Crippen LogP contribution is 2.22. The summed E-state index contributed by atoms with van der Waals surface area (Å²) in [5.74, 6) is 0.330. The van der Waals surface area contributed by atoms with Gasteiger partial charge >= 0.3 is 0 Å². The minimum Gasteiger partial charge on any atom is -0.497 e. The second-order valence-electron chi connectivity index (χ2n) is 7.07. The van der Waals surface area contributed by atoms with Crippen LogP contribution in [0.4, 0.5) is 0 Å². The molecule has 29 heavy (non-hydrogen) atoms. The highest BCUT2D eigenvalue weighted by Gasteiger charge is 2.30. The molecule has 1 saturated heterocycles. The van der Waals surface area contributed by atoms with E-state index in [1.54, 1.807) is 30.2 Å². The molecule has 0 aromatic heterocycles. The SMILES string of the molecule is COc1cccc(C(=O)N2CCN(C(=O)C(C)C(N)c3ccccc3)CC2)c1.Cl. The largest absolute Gasteiger partial charge is 0.497 e. The van der Waals surface area contributed by atoms with Crippen molar-refractivity contribution in [3.05, 3.63) is 65.7 Å². The van der Waals surface area contributed by atoms with E-state index in [0.717, 1.165) is 5.56 Å². The summed E-state index contributed by atoms with van der Waals surface area (Å²) in [6.45, 7) is 3.92. The fourth-order valence-corrected chi connectivity index (χ4v) is 3.47. The monoisotopic (exact) mass is 417 g/mol. The van der Waals surface area contributed by atoms with Crippen LogP contribution in [0.2, 0.25) is 0 Å². The van der Waals surface area contributed by atoms with Crippen molar-refractivity contribution in [3.8, 4) is 5.75 Å². The summed E-state index contributed by atoms with van der Waals surface area (Å²) in [5, 5.41) is 0. The Balaban J connectivity index is 0.00000300. The van der Waals surface area contributed by atoms with Crippen molar-refractivity contribution < 1.29 is 14.3 Å². The molecule has 1 aliphatic heterocycles. The molecule has 0 bridgehead atoms. The fraction of sp³-hybridized carbons (Fsp3) is 0.364. The van der Waals surface area contributed by atoms with E-state index in [1.165, 1.54) is 0 Å². The number of carbonyl (C=O) groups excluding carboxylic acids is 2. The molecule has 156 valence electrons. The standard InChI is InChI=1S/C22H27N3O3.ClH/c1-16(20(23)17-7-4-3-5-8-17)21(26)24-11-13-25(14-12-24)22(27)18-9-6-10-19(15-18)28-2;/h3-10,15-16,20H,11-14,23H2,1-2H3;1H. The van der Waals surface area contributed by atoms with Crippen LogP contribution in [0.5, 0.6) is 5.75 Å². The average molecular weight is 418 g/mol. The molecule has 0 saturated carbocycles. The summed E-state index contributed by atoms with van der Waals surface area (Å²) in [5.41, 5.74) is 7.85. The summed E-state index contributed by atoms with van der Waals surface area (Å²) in [6.07, 6.45) is 0. The molecular weight excluding hydrogens is 390 g/mol. The van der Waals surface area contributed by atoms with Crippen molar-refractivity contribution in [2.24, 2.45) is 11.7 Å². The molecule has 7 heteroatoms. The van der Waals surface area contributed by atoms with Gasteiger partial charge < -0.3 is 20.3 Å².